The van der Waals surface area contributed by atoms with Crippen LogP contribution in [0.25, 0.3) is 158 Å². The molecule has 2 aromatic heterocycles. The molecule has 17 aromatic rings. The molecule has 1 aliphatic carbocycles. The molecule has 0 N–H and O–H groups in total. The minimum Gasteiger partial charge on any atom is -0.332 e. The molecule has 0 saturated heterocycles. The van der Waals surface area contributed by atoms with E-state index in [9.17, 15) is 0 Å². The van der Waals surface area contributed by atoms with Crippen LogP contribution in [0, 0.1) is 0 Å². The van der Waals surface area contributed by atoms with Crippen molar-refractivity contribution in [2.24, 2.45) is 0 Å². The van der Waals surface area contributed by atoms with Crippen molar-refractivity contribution < 1.29 is 0 Å². The fourth-order valence-electron chi connectivity index (χ4n) is 15.6. The Balaban J connectivity index is 0.755. The van der Waals surface area contributed by atoms with E-state index in [1.807, 2.05) is 11.3 Å². The second kappa shape index (κ2) is 20.6. The van der Waals surface area contributed by atoms with Gasteiger partial charge in [0.2, 0.25) is 0 Å². The first-order chi connectivity index (χ1) is 45.1. The lowest BCUT2D eigenvalue weighted by Gasteiger charge is -2.32. The topological polar surface area (TPSA) is 8.17 Å². The maximum Gasteiger partial charge on any atom is 0.0633 e. The van der Waals surface area contributed by atoms with Crippen molar-refractivity contribution in [3.63, 3.8) is 0 Å². The van der Waals surface area contributed by atoms with Gasteiger partial charge in [-0.25, -0.2) is 0 Å². The molecule has 2 aliphatic rings. The van der Waals surface area contributed by atoms with Gasteiger partial charge < -0.3 is 9.47 Å². The summed E-state index contributed by atoms with van der Waals surface area (Å²) in [7, 11) is 0. The van der Waals surface area contributed by atoms with Gasteiger partial charge in [0, 0.05) is 63.7 Å². The number of hydrogen-bond acceptors (Lipinski definition) is 2. The molecule has 1 unspecified atom stereocenters. The molecule has 91 heavy (non-hydrogen) atoms. The summed E-state index contributed by atoms with van der Waals surface area (Å²) in [5, 5.41) is 15.0. The SMILES string of the molecule is C1=C(c2ccccc2)C=C2c3cc(-c4ccccc4)ccc3N(c3c4ccccc4c(-c4ccc5sc6cc(-c7c8ccccc8c(-n8c9ccc(-c%10ccccc%10)cc9c9cc(-c%10ccccc%10)ccc98)c8ccccc78)ccc6c5c4)c4ccccc34)C2C1. The Morgan fingerprint density at radius 1 is 0.286 bits per heavy atom. The third kappa shape index (κ3) is 8.11. The van der Waals surface area contributed by atoms with Crippen LogP contribution in [-0.2, 0) is 0 Å². The fourth-order valence-corrected chi connectivity index (χ4v) is 16.7. The normalized spacial score (nSPS) is 13.9. The molecule has 3 heterocycles. The third-order valence-corrected chi connectivity index (χ3v) is 20.8. The summed E-state index contributed by atoms with van der Waals surface area (Å²) in [6.07, 6.45) is 5.82. The highest BCUT2D eigenvalue weighted by molar-refractivity contribution is 7.25. The zero-order valence-electron chi connectivity index (χ0n) is 49.7. The van der Waals surface area contributed by atoms with E-state index >= 15 is 0 Å². The van der Waals surface area contributed by atoms with Gasteiger partial charge in [-0.05, 0) is 161 Å². The maximum absolute atomic E-state index is 2.68. The van der Waals surface area contributed by atoms with E-state index < -0.39 is 0 Å². The Hall–Kier alpha value is -11.4. The van der Waals surface area contributed by atoms with Gasteiger partial charge in [0.25, 0.3) is 0 Å². The number of allylic oxidation sites excluding steroid dienone is 2. The van der Waals surface area contributed by atoms with Gasteiger partial charge in [-0.2, -0.15) is 0 Å². The van der Waals surface area contributed by atoms with Crippen molar-refractivity contribution in [2.75, 3.05) is 4.90 Å². The minimum atomic E-state index is 0.127. The van der Waals surface area contributed by atoms with Crippen LogP contribution in [0.1, 0.15) is 17.5 Å². The largest absolute Gasteiger partial charge is 0.332 e. The molecule has 0 saturated carbocycles. The lowest BCUT2D eigenvalue weighted by Crippen LogP contribution is -2.28. The number of fused-ring (bicyclic) bond motifs is 13. The quantitative estimate of drug-likeness (QED) is 0.138. The van der Waals surface area contributed by atoms with Gasteiger partial charge in [0.1, 0.15) is 0 Å². The smallest absolute Gasteiger partial charge is 0.0633 e. The molecule has 0 amide bonds. The van der Waals surface area contributed by atoms with Gasteiger partial charge in [-0.15, -0.1) is 11.3 Å². The summed E-state index contributed by atoms with van der Waals surface area (Å²) in [4.78, 5) is 2.68. The Labute approximate surface area is 531 Å². The van der Waals surface area contributed by atoms with E-state index in [2.05, 4.69) is 331 Å². The summed E-state index contributed by atoms with van der Waals surface area (Å²) in [6.45, 7) is 0. The van der Waals surface area contributed by atoms with Gasteiger partial charge in [0.05, 0.1) is 28.5 Å². The van der Waals surface area contributed by atoms with Crippen LogP contribution < -0.4 is 4.90 Å². The first kappa shape index (κ1) is 51.7. The van der Waals surface area contributed by atoms with Gasteiger partial charge in [-0.1, -0.05) is 261 Å². The molecular weight excluding hydrogens is 1120 g/mol. The van der Waals surface area contributed by atoms with E-state index in [0.717, 1.165) is 6.42 Å². The van der Waals surface area contributed by atoms with Crippen LogP contribution in [-0.4, -0.2) is 10.6 Å². The number of nitrogens with zero attached hydrogens (tertiary/aromatic N) is 2. The second-order valence-corrected chi connectivity index (χ2v) is 25.6. The highest BCUT2D eigenvalue weighted by Crippen LogP contribution is 2.55. The number of anilines is 2. The van der Waals surface area contributed by atoms with Crippen molar-refractivity contribution in [3.05, 3.63) is 333 Å². The van der Waals surface area contributed by atoms with Crippen LogP contribution >= 0.6 is 11.3 Å². The Morgan fingerprint density at radius 3 is 1.23 bits per heavy atom. The van der Waals surface area contributed by atoms with Crippen molar-refractivity contribution in [1.29, 1.82) is 0 Å². The third-order valence-electron chi connectivity index (χ3n) is 19.6. The minimum absolute atomic E-state index is 0.127. The highest BCUT2D eigenvalue weighted by Gasteiger charge is 2.38. The zero-order valence-corrected chi connectivity index (χ0v) is 50.5. The number of benzene rings is 15. The molecule has 0 radical (unpaired) electrons. The fraction of sp³-hybridized carbons (Fsp3) is 0.0227. The molecule has 0 fully saturated rings. The standard InChI is InChI=1S/C88H56N2S/c1-5-21-55(22-6-1)59-38-44-79-74(49-59)75-50-60(56-23-7-2-8-24-56)39-45-80(75)89(79)87-70-33-17-13-29-66(70)85(67-30-14-18-34-71(67)87)63-42-48-83-78(53-63)65-43-37-64(54-84(65)91-83)86-68-31-15-19-35-72(68)88(73-36-20-16-32-69(73)86)90-81-46-40-61(57-25-9-3-10-26-57)51-76(81)77-52-62(41-47-82(77)90)58-27-11-4-12-28-58/h1-44,46-54,80H,45H2. The predicted octanol–water partition coefficient (Wildman–Crippen LogP) is 24.5. The van der Waals surface area contributed by atoms with Gasteiger partial charge >= 0.3 is 0 Å². The van der Waals surface area contributed by atoms with Gasteiger partial charge in [0.15, 0.2) is 0 Å². The Bertz CT molecular complexity index is 5700. The van der Waals surface area contributed by atoms with Crippen molar-refractivity contribution in [2.45, 2.75) is 12.5 Å². The molecule has 1 atom stereocenters. The van der Waals surface area contributed by atoms with Gasteiger partial charge in [-0.3, -0.25) is 0 Å². The summed E-state index contributed by atoms with van der Waals surface area (Å²) < 4.78 is 5.11. The highest BCUT2D eigenvalue weighted by atomic mass is 32.1. The maximum atomic E-state index is 2.68. The molecule has 15 aromatic carbocycles. The lowest BCUT2D eigenvalue weighted by molar-refractivity contribution is 0.836. The van der Waals surface area contributed by atoms with Crippen LogP contribution in [0.15, 0.2) is 322 Å². The number of rotatable bonds is 8. The molecule has 3 heteroatoms. The summed E-state index contributed by atoms with van der Waals surface area (Å²) in [5.41, 5.74) is 23.6. The zero-order chi connectivity index (χ0) is 59.7. The van der Waals surface area contributed by atoms with E-state index in [-0.39, 0.29) is 6.04 Å². The van der Waals surface area contributed by atoms with E-state index in [0.29, 0.717) is 0 Å². The van der Waals surface area contributed by atoms with E-state index in [1.165, 1.54) is 180 Å². The van der Waals surface area contributed by atoms with Crippen LogP contribution in [0.5, 0.6) is 0 Å². The second-order valence-electron chi connectivity index (χ2n) is 24.5. The van der Waals surface area contributed by atoms with Crippen molar-refractivity contribution in [3.8, 4) is 61.3 Å². The average Bonchev–Trinajstić information content (AvgIpc) is 1.69. The first-order valence-electron chi connectivity index (χ1n) is 31.6. The number of aromatic nitrogens is 1. The Morgan fingerprint density at radius 2 is 0.703 bits per heavy atom. The van der Waals surface area contributed by atoms with Crippen LogP contribution in [0.4, 0.5) is 11.4 Å². The molecule has 19 rings (SSSR count). The molecule has 1 aliphatic heterocycles. The Kier molecular flexibility index (Phi) is 11.7. The lowest BCUT2D eigenvalue weighted by atomic mass is 9.87. The first-order valence-corrected chi connectivity index (χ1v) is 32.5. The van der Waals surface area contributed by atoms with Crippen LogP contribution in [0.3, 0.4) is 0 Å². The van der Waals surface area contributed by atoms with E-state index in [1.54, 1.807) is 0 Å². The van der Waals surface area contributed by atoms with Crippen LogP contribution in [0.2, 0.25) is 0 Å². The average molecular weight is 1170 g/mol. The van der Waals surface area contributed by atoms with Crippen molar-refractivity contribution >= 4 is 119 Å². The summed E-state index contributed by atoms with van der Waals surface area (Å²) >= 11 is 1.90. The number of hydrogen-bond donors (Lipinski definition) is 0. The molecule has 424 valence electrons. The van der Waals surface area contributed by atoms with Crippen molar-refractivity contribution in [1.82, 2.24) is 4.57 Å². The molecule has 0 spiro atoms. The number of thiophene rings is 1. The summed E-state index contributed by atoms with van der Waals surface area (Å²) in [6, 6.07) is 116. The summed E-state index contributed by atoms with van der Waals surface area (Å²) in [5.74, 6) is 0. The monoisotopic (exact) mass is 1170 g/mol. The molecular formula is C88H56N2S. The molecule has 0 bridgehead atoms. The molecule has 2 nitrogen and oxygen atoms in total. The predicted molar refractivity (Wildman–Crippen MR) is 390 cm³/mol. The van der Waals surface area contributed by atoms with E-state index in [4.69, 9.17) is 0 Å².